The highest BCUT2D eigenvalue weighted by Crippen LogP contribution is 2.67. The van der Waals surface area contributed by atoms with Crippen LogP contribution in [0.25, 0.3) is 0 Å². The van der Waals surface area contributed by atoms with E-state index < -0.39 is 28.7 Å². The lowest BCUT2D eigenvalue weighted by Gasteiger charge is -2.65. The summed E-state index contributed by atoms with van der Waals surface area (Å²) in [6.07, 6.45) is 3.73. The molecule has 4 N–H and O–H groups in total. The fraction of sp³-hybridized carbons (Fsp3) is 0.950. The van der Waals surface area contributed by atoms with E-state index in [2.05, 4.69) is 13.8 Å². The Labute approximate surface area is 155 Å². The largest absolute Gasteiger partial charge is 0.481 e. The maximum atomic E-state index is 11.4. The van der Waals surface area contributed by atoms with Crippen LogP contribution >= 0.6 is 0 Å². The molecule has 7 atom stereocenters. The molecule has 0 bridgehead atoms. The molecule has 0 aromatic rings. The van der Waals surface area contributed by atoms with E-state index in [0.717, 1.165) is 19.3 Å². The second-order valence-corrected chi connectivity index (χ2v) is 9.57. The fourth-order valence-corrected chi connectivity index (χ4v) is 6.70. The molecule has 26 heavy (non-hydrogen) atoms. The van der Waals surface area contributed by atoms with Gasteiger partial charge in [0.1, 0.15) is 5.60 Å². The van der Waals surface area contributed by atoms with Crippen molar-refractivity contribution in [2.75, 3.05) is 13.2 Å². The smallest absolute Gasteiger partial charge is 0.306 e. The Bertz CT molecular complexity index is 567. The highest BCUT2D eigenvalue weighted by Gasteiger charge is 2.68. The van der Waals surface area contributed by atoms with E-state index >= 15 is 0 Å². The van der Waals surface area contributed by atoms with Crippen LogP contribution in [0.15, 0.2) is 0 Å². The first-order valence-corrected chi connectivity index (χ1v) is 9.91. The molecule has 1 aliphatic heterocycles. The number of fused-ring (bicyclic) bond motifs is 2. The second-order valence-electron chi connectivity index (χ2n) is 9.57. The van der Waals surface area contributed by atoms with Crippen molar-refractivity contribution in [1.29, 1.82) is 0 Å². The van der Waals surface area contributed by atoms with E-state index in [1.165, 1.54) is 0 Å². The van der Waals surface area contributed by atoms with Crippen LogP contribution in [0.5, 0.6) is 0 Å². The van der Waals surface area contributed by atoms with E-state index in [-0.39, 0.29) is 36.9 Å². The van der Waals surface area contributed by atoms with E-state index in [1.54, 1.807) is 0 Å². The van der Waals surface area contributed by atoms with Crippen molar-refractivity contribution >= 4 is 5.97 Å². The van der Waals surface area contributed by atoms with E-state index in [4.69, 9.17) is 4.74 Å². The topological polar surface area (TPSA) is 107 Å². The summed E-state index contributed by atoms with van der Waals surface area (Å²) in [6.45, 7) is 5.96. The summed E-state index contributed by atoms with van der Waals surface area (Å²) in [6, 6.07) is 0. The number of carboxylic acid groups (broad SMARTS) is 1. The van der Waals surface area contributed by atoms with Crippen molar-refractivity contribution in [3.63, 3.8) is 0 Å². The molecule has 2 saturated carbocycles. The zero-order chi connectivity index (χ0) is 19.4. The highest BCUT2D eigenvalue weighted by atomic mass is 16.5. The Morgan fingerprint density at radius 1 is 1.08 bits per heavy atom. The Kier molecular flexibility index (Phi) is 4.96. The van der Waals surface area contributed by atoms with Crippen LogP contribution in [-0.4, -0.2) is 56.9 Å². The molecule has 3 fully saturated rings. The van der Waals surface area contributed by atoms with Gasteiger partial charge in [-0.25, -0.2) is 0 Å². The predicted molar refractivity (Wildman–Crippen MR) is 95.5 cm³/mol. The summed E-state index contributed by atoms with van der Waals surface area (Å²) < 4.78 is 6.60. The van der Waals surface area contributed by atoms with Crippen molar-refractivity contribution in [3.8, 4) is 0 Å². The van der Waals surface area contributed by atoms with Crippen LogP contribution in [0.1, 0.15) is 65.7 Å². The van der Waals surface area contributed by atoms with Gasteiger partial charge in [0.2, 0.25) is 0 Å². The van der Waals surface area contributed by atoms with Gasteiger partial charge in [0.25, 0.3) is 0 Å². The van der Waals surface area contributed by atoms with Gasteiger partial charge in [0, 0.05) is 10.8 Å². The van der Waals surface area contributed by atoms with Gasteiger partial charge in [0.05, 0.1) is 31.3 Å². The number of hydrogen-bond acceptors (Lipinski definition) is 5. The minimum absolute atomic E-state index is 0.0703. The Hall–Kier alpha value is -0.690. The van der Waals surface area contributed by atoms with Gasteiger partial charge in [-0.3, -0.25) is 4.79 Å². The molecule has 150 valence electrons. The third-order valence-electron chi connectivity index (χ3n) is 8.37. The van der Waals surface area contributed by atoms with Crippen molar-refractivity contribution in [3.05, 3.63) is 0 Å². The van der Waals surface area contributed by atoms with Crippen molar-refractivity contribution in [1.82, 2.24) is 0 Å². The molecule has 0 amide bonds. The Morgan fingerprint density at radius 3 is 2.35 bits per heavy atom. The van der Waals surface area contributed by atoms with Gasteiger partial charge >= 0.3 is 5.97 Å². The molecule has 3 unspecified atom stereocenters. The van der Waals surface area contributed by atoms with Gasteiger partial charge in [-0.15, -0.1) is 0 Å². The normalized spacial score (nSPS) is 51.4. The number of aliphatic hydroxyl groups excluding tert-OH is 3. The monoisotopic (exact) mass is 370 g/mol. The maximum absolute atomic E-state index is 11.4. The SMILES string of the molecule is CC1CCC2[C@](C)(CC[C@@H](O)[C@]2(C)CO)[C@]12CCC(CO)(CC(=O)O)O2. The zero-order valence-electron chi connectivity index (χ0n) is 16.2. The standard InChI is InChI=1S/C20H34O6/c1-13-4-5-14-17(2,11-21)15(23)6-7-18(14,3)20(13)9-8-19(12-22,26-20)10-16(24)25/h13-15,21-23H,4-12H2,1-3H3,(H,24,25)/t13?,14?,15-,17-,18+,19?,20+/m1/s1. The third kappa shape index (κ3) is 2.56. The number of aliphatic carboxylic acids is 1. The average Bonchev–Trinajstić information content (AvgIpc) is 2.98. The molecule has 3 rings (SSSR count). The molecule has 1 saturated heterocycles. The van der Waals surface area contributed by atoms with Crippen LogP contribution in [0.3, 0.4) is 0 Å². The van der Waals surface area contributed by atoms with Gasteiger partial charge < -0.3 is 25.2 Å². The number of carbonyl (C=O) groups is 1. The van der Waals surface area contributed by atoms with Crippen LogP contribution in [0.4, 0.5) is 0 Å². The maximum Gasteiger partial charge on any atom is 0.306 e. The van der Waals surface area contributed by atoms with Crippen molar-refractivity contribution in [2.45, 2.75) is 83.0 Å². The molecule has 6 heteroatoms. The quantitative estimate of drug-likeness (QED) is 0.602. The lowest BCUT2D eigenvalue weighted by Crippen LogP contribution is -2.66. The van der Waals surface area contributed by atoms with Gasteiger partial charge in [-0.1, -0.05) is 20.8 Å². The number of aliphatic hydroxyl groups is 3. The first-order chi connectivity index (χ1) is 12.1. The molecule has 3 aliphatic rings. The first-order valence-electron chi connectivity index (χ1n) is 9.91. The molecule has 0 aromatic heterocycles. The summed E-state index contributed by atoms with van der Waals surface area (Å²) in [7, 11) is 0. The van der Waals surface area contributed by atoms with Gasteiger partial charge in [0.15, 0.2) is 0 Å². The van der Waals surface area contributed by atoms with E-state index in [0.29, 0.717) is 19.3 Å². The molecular formula is C20H34O6. The first kappa shape index (κ1) is 20.1. The fourth-order valence-electron chi connectivity index (χ4n) is 6.70. The minimum Gasteiger partial charge on any atom is -0.481 e. The molecule has 6 nitrogen and oxygen atoms in total. The lowest BCUT2D eigenvalue weighted by atomic mass is 9.43. The lowest BCUT2D eigenvalue weighted by molar-refractivity contribution is -0.271. The number of hydrogen-bond donors (Lipinski definition) is 4. The van der Waals surface area contributed by atoms with E-state index in [9.17, 15) is 25.2 Å². The molecular weight excluding hydrogens is 336 g/mol. The second kappa shape index (κ2) is 6.43. The van der Waals surface area contributed by atoms with Crippen LogP contribution in [0.2, 0.25) is 0 Å². The summed E-state index contributed by atoms with van der Waals surface area (Å²) in [5.41, 5.74) is -2.40. The van der Waals surface area contributed by atoms with Crippen molar-refractivity contribution < 1.29 is 30.0 Å². The molecule has 1 spiro atoms. The van der Waals surface area contributed by atoms with Crippen LogP contribution in [0, 0.1) is 22.7 Å². The molecule has 1 heterocycles. The molecule has 0 aromatic carbocycles. The number of rotatable bonds is 4. The third-order valence-corrected chi connectivity index (χ3v) is 8.37. The summed E-state index contributed by atoms with van der Waals surface area (Å²) in [5, 5.41) is 40.0. The Morgan fingerprint density at radius 2 is 1.77 bits per heavy atom. The van der Waals surface area contributed by atoms with Crippen LogP contribution < -0.4 is 0 Å². The Balaban J connectivity index is 2.02. The van der Waals surface area contributed by atoms with Gasteiger partial charge in [-0.05, 0) is 50.4 Å². The number of carboxylic acids is 1. The zero-order valence-corrected chi connectivity index (χ0v) is 16.2. The summed E-state index contributed by atoms with van der Waals surface area (Å²) >= 11 is 0. The van der Waals surface area contributed by atoms with Crippen molar-refractivity contribution in [2.24, 2.45) is 22.7 Å². The number of ether oxygens (including phenoxy) is 1. The molecule has 0 radical (unpaired) electrons. The molecule has 2 aliphatic carbocycles. The summed E-state index contributed by atoms with van der Waals surface area (Å²) in [4.78, 5) is 11.4. The summed E-state index contributed by atoms with van der Waals surface area (Å²) in [5.74, 6) is -0.621. The average molecular weight is 370 g/mol. The minimum atomic E-state index is -1.03. The predicted octanol–water partition coefficient (Wildman–Crippen LogP) is 1.95. The highest BCUT2D eigenvalue weighted by molar-refractivity contribution is 5.68. The van der Waals surface area contributed by atoms with E-state index in [1.807, 2.05) is 6.92 Å². The van der Waals surface area contributed by atoms with Crippen LogP contribution in [-0.2, 0) is 9.53 Å². The van der Waals surface area contributed by atoms with Gasteiger partial charge in [-0.2, -0.15) is 0 Å².